The van der Waals surface area contributed by atoms with E-state index in [2.05, 4.69) is 172 Å². The number of nitrogens with one attached hydrogen (secondary N) is 4. The highest BCUT2D eigenvalue weighted by Gasteiger charge is 2.43. The number of hydrogen-bond donors (Lipinski definition) is 8. The molecule has 4 fully saturated rings. The third-order valence-corrected chi connectivity index (χ3v) is 23.0. The van der Waals surface area contributed by atoms with E-state index in [0.29, 0.717) is 119 Å². The van der Waals surface area contributed by atoms with Gasteiger partial charge in [-0.3, -0.25) is 28.8 Å². The second-order valence-corrected chi connectivity index (χ2v) is 42.0. The van der Waals surface area contributed by atoms with Crippen LogP contribution in [0, 0.1) is 70.0 Å². The quantitative estimate of drug-likeness (QED) is 0.0194. The summed E-state index contributed by atoms with van der Waals surface area (Å²) in [5.41, 5.74) is 3.80. The molecule has 4 amide bonds. The molecule has 34 nitrogen and oxygen atoms in total. The number of aryl methyl sites for hydroxylation is 2. The number of ketones is 2. The fraction of sp³-hybridized carbons (Fsp3) is 0.681. The number of anilines is 4. The Kier molecular flexibility index (Phi) is 34.3. The Hall–Kier alpha value is -8.78. The number of aromatic nitrogens is 12. The molecule has 708 valence electrons. The standard InChI is InChI=1S/C25H38N4O5.C24H38N4O4.C23H34N4O5.C22H34N4O4/c1-14(2)8-16(10-25(4,5)6)24(32)28-22-21-17(15(3)30)11-29(23(21)27-13-26-22)20-9-18(31)19(34-20)12-33-7;1-14(2)8-16(10-24(4,5)6)23(30)27-21-20-15(3)11-28(22(20)26-13-25-21)19-9-17(29)18(32-19)12-31-7;1-13(28)14-9-27(17-8-15(29)16(32-17)10-31-7)20-18(14)19(24-12-25-20)26-21(30)23(5,6)11-22(2,3)4;1-13-9-26(16-8-14(27)15(30-16)10-29-7)19-17(13)18(23-12-24-19)25-20(28)22(5,6)11-21(2,3)4/h11,13-14,16,18-20,31H,8-10,12H2,1-7H3,(H,26,27,28,32);11,13-14,16-19,29H,8-10,12H2,1-7H3,(H,25,26,27,30);9,12,15-17,29H,8,10-11H2,1-7H3,(H,24,25,26,30);9,12,14-16,27H,8,10-11H2,1-7H3,(H,23,24,25,28)/t16?,18?,19-,20-;16?,17?,18-,19-;15?,16-,17-;14?,15-,16-/m1111/s1. The molecule has 8 N–H and O–H groups in total. The number of carbonyl (C=O) groups excluding carboxylic acids is 6. The first-order valence-electron chi connectivity index (χ1n) is 44.6. The van der Waals surface area contributed by atoms with Crippen molar-refractivity contribution < 1.29 is 87.1 Å². The molecule has 8 aromatic heterocycles. The van der Waals surface area contributed by atoms with E-state index in [1.54, 1.807) is 50.0 Å². The monoisotopic (exact) mass is 1790 g/mol. The van der Waals surface area contributed by atoms with Gasteiger partial charge in [0.25, 0.3) is 0 Å². The summed E-state index contributed by atoms with van der Waals surface area (Å²) in [7, 11) is 6.28. The highest BCUT2D eigenvalue weighted by molar-refractivity contribution is 6.13. The van der Waals surface area contributed by atoms with Gasteiger partial charge in [-0.15, -0.1) is 0 Å². The van der Waals surface area contributed by atoms with Gasteiger partial charge < -0.3 is 97.9 Å². The maximum Gasteiger partial charge on any atom is 0.231 e. The third kappa shape index (κ3) is 26.3. The maximum absolute atomic E-state index is 13.3. The molecule has 0 aliphatic carbocycles. The highest BCUT2D eigenvalue weighted by Crippen LogP contribution is 2.44. The Morgan fingerprint density at radius 3 is 0.891 bits per heavy atom. The topological polar surface area (TPSA) is 428 Å². The van der Waals surface area contributed by atoms with E-state index >= 15 is 0 Å². The fourth-order valence-corrected chi connectivity index (χ4v) is 18.3. The Bertz CT molecular complexity index is 5140. The summed E-state index contributed by atoms with van der Waals surface area (Å²) in [5.74, 6) is 1.41. The Morgan fingerprint density at radius 1 is 0.391 bits per heavy atom. The molecule has 4 aliphatic heterocycles. The van der Waals surface area contributed by atoms with E-state index < -0.39 is 59.9 Å². The number of rotatable bonds is 30. The lowest BCUT2D eigenvalue weighted by atomic mass is 9.75. The summed E-state index contributed by atoms with van der Waals surface area (Å²) in [6, 6.07) is 0. The Morgan fingerprint density at radius 2 is 0.641 bits per heavy atom. The van der Waals surface area contributed by atoms with Gasteiger partial charge in [-0.2, -0.15) is 0 Å². The van der Waals surface area contributed by atoms with Gasteiger partial charge in [0.05, 0.1) is 72.4 Å². The minimum atomic E-state index is -0.697. The number of methoxy groups -OCH3 is 4. The van der Waals surface area contributed by atoms with Crippen LogP contribution >= 0.6 is 0 Å². The van der Waals surface area contributed by atoms with Crippen LogP contribution in [0.2, 0.25) is 0 Å². The number of aliphatic hydroxyl groups excluding tert-OH is 4. The Balaban J connectivity index is 0.000000193. The summed E-state index contributed by atoms with van der Waals surface area (Å²) in [4.78, 5) is 113. The molecule has 0 spiro atoms. The van der Waals surface area contributed by atoms with E-state index in [0.717, 1.165) is 54.0 Å². The lowest BCUT2D eigenvalue weighted by molar-refractivity contribution is -0.126. The van der Waals surface area contributed by atoms with Crippen molar-refractivity contribution in [2.45, 2.75) is 304 Å². The minimum Gasteiger partial charge on any atom is -0.390 e. The Labute approximate surface area is 753 Å². The van der Waals surface area contributed by atoms with Crippen molar-refractivity contribution >= 4 is 103 Å². The molecule has 34 heteroatoms. The van der Waals surface area contributed by atoms with Crippen LogP contribution in [0.3, 0.4) is 0 Å². The van der Waals surface area contributed by atoms with Crippen molar-refractivity contribution in [2.75, 3.05) is 76.1 Å². The van der Waals surface area contributed by atoms with Crippen LogP contribution in [0.4, 0.5) is 23.3 Å². The first-order valence-corrected chi connectivity index (χ1v) is 44.6. The molecule has 0 radical (unpaired) electrons. The SMILES string of the molecule is COC[C@H]1O[C@@H](n2cc(C(C)=O)c3c(NC(=O)C(C)(C)CC(C)(C)C)ncnc32)CC1O.COC[C@H]1O[C@@H](n2cc(C(C)=O)c3c(NC(=O)C(CC(C)C)CC(C)(C)C)ncnc32)CC1O.COC[C@H]1O[C@@H](n2cc(C)c3c(NC(=O)C(C)(C)CC(C)(C)C)ncnc32)CC1O.COC[C@H]1O[C@@H](n2cc(C)c3c(NC(=O)C(CC(C)C)CC(C)(C)C)ncnc32)CC1O. The van der Waals surface area contributed by atoms with E-state index in [4.69, 9.17) is 37.9 Å². The van der Waals surface area contributed by atoms with Crippen LogP contribution in [0.15, 0.2) is 50.1 Å². The molecule has 0 aromatic carbocycles. The van der Waals surface area contributed by atoms with Gasteiger partial charge in [0.1, 0.15) is 120 Å². The lowest BCUT2D eigenvalue weighted by Crippen LogP contribution is -2.34. The number of nitrogens with zero attached hydrogens (tertiary/aromatic N) is 12. The minimum absolute atomic E-state index is 0.00604. The molecular weight excluding hydrogens is 1640 g/mol. The second-order valence-electron chi connectivity index (χ2n) is 42.0. The zero-order valence-electron chi connectivity index (χ0n) is 80.6. The van der Waals surface area contributed by atoms with Crippen LogP contribution < -0.4 is 21.3 Å². The van der Waals surface area contributed by atoms with Gasteiger partial charge in [0.2, 0.25) is 23.6 Å². The third-order valence-electron chi connectivity index (χ3n) is 23.0. The van der Waals surface area contributed by atoms with E-state index in [-0.39, 0.29) is 112 Å². The van der Waals surface area contributed by atoms with Crippen molar-refractivity contribution in [1.29, 1.82) is 0 Å². The molecule has 128 heavy (non-hydrogen) atoms. The highest BCUT2D eigenvalue weighted by atomic mass is 16.6. The van der Waals surface area contributed by atoms with Crippen LogP contribution in [-0.2, 0) is 57.1 Å². The average Bonchev–Trinajstić information content (AvgIpc) is 1.61. The van der Waals surface area contributed by atoms with Gasteiger partial charge in [0, 0.05) is 113 Å². The molecule has 14 atom stereocenters. The van der Waals surface area contributed by atoms with Gasteiger partial charge in [-0.25, -0.2) is 39.9 Å². The van der Waals surface area contributed by atoms with Crippen molar-refractivity contribution in [3.05, 3.63) is 72.4 Å². The molecule has 6 unspecified atom stereocenters. The van der Waals surface area contributed by atoms with Crippen LogP contribution in [0.5, 0.6) is 0 Å². The van der Waals surface area contributed by atoms with Crippen LogP contribution in [0.1, 0.15) is 273 Å². The van der Waals surface area contributed by atoms with Crippen LogP contribution in [-0.4, -0.2) is 217 Å². The molecular formula is C94H144N16O18. The van der Waals surface area contributed by atoms with Gasteiger partial charge in [-0.1, -0.05) is 138 Å². The predicted octanol–water partition coefficient (Wildman–Crippen LogP) is 14.8. The number of ether oxygens (including phenoxy) is 8. The fourth-order valence-electron chi connectivity index (χ4n) is 18.3. The maximum atomic E-state index is 13.3. The molecule has 8 aromatic rings. The number of Topliss-reactive ketones (excluding diaryl/α,β-unsaturated/α-hetero) is 2. The molecule has 12 heterocycles. The summed E-state index contributed by atoms with van der Waals surface area (Å²) < 4.78 is 51.8. The normalized spacial score (nSPS) is 22.2. The molecule has 0 saturated carbocycles. The van der Waals surface area contributed by atoms with E-state index in [9.17, 15) is 49.2 Å². The van der Waals surface area contributed by atoms with Crippen molar-refractivity contribution in [3.63, 3.8) is 0 Å². The second kappa shape index (κ2) is 42.6. The smallest absolute Gasteiger partial charge is 0.231 e. The van der Waals surface area contributed by atoms with Gasteiger partial charge in [-0.05, 0) is 111 Å². The number of amides is 4. The number of fused-ring (bicyclic) bond motifs is 4. The molecule has 4 aliphatic rings. The predicted molar refractivity (Wildman–Crippen MR) is 489 cm³/mol. The summed E-state index contributed by atoms with van der Waals surface area (Å²) in [6.45, 7) is 49.7. The first-order chi connectivity index (χ1) is 59.7. The summed E-state index contributed by atoms with van der Waals surface area (Å²) in [5, 5.41) is 55.8. The summed E-state index contributed by atoms with van der Waals surface area (Å²) >= 11 is 0. The van der Waals surface area contributed by atoms with Gasteiger partial charge >= 0.3 is 0 Å². The van der Waals surface area contributed by atoms with Crippen molar-refractivity contribution in [2.24, 2.45) is 56.2 Å². The number of aliphatic hydroxyl groups is 4. The van der Waals surface area contributed by atoms with E-state index in [1.165, 1.54) is 39.2 Å². The zero-order chi connectivity index (χ0) is 94.9. The lowest BCUT2D eigenvalue weighted by Gasteiger charge is -2.31. The van der Waals surface area contributed by atoms with Gasteiger partial charge in [0.15, 0.2) is 11.6 Å². The van der Waals surface area contributed by atoms with E-state index in [1.807, 2.05) is 63.1 Å². The zero-order valence-corrected chi connectivity index (χ0v) is 80.6. The average molecular weight is 1790 g/mol. The summed E-state index contributed by atoms with van der Waals surface area (Å²) in [6.07, 6.45) is 12.9. The molecule has 4 saturated heterocycles. The first kappa shape index (κ1) is 103. The van der Waals surface area contributed by atoms with Crippen molar-refractivity contribution in [1.82, 2.24) is 58.1 Å². The van der Waals surface area contributed by atoms with Crippen molar-refractivity contribution in [3.8, 4) is 0 Å². The number of hydrogen-bond acceptors (Lipinski definition) is 26. The van der Waals surface area contributed by atoms with Crippen LogP contribution in [0.25, 0.3) is 44.1 Å². The largest absolute Gasteiger partial charge is 0.390 e. The number of carbonyl (C=O) groups is 6. The molecule has 12 rings (SSSR count). The molecule has 0 bridgehead atoms.